The summed E-state index contributed by atoms with van der Waals surface area (Å²) in [4.78, 5) is 23.8. The summed E-state index contributed by atoms with van der Waals surface area (Å²) in [6.45, 7) is 3.03. The van der Waals surface area contributed by atoms with Gasteiger partial charge in [0.15, 0.2) is 0 Å². The molecule has 0 aliphatic rings. The number of hydrogen-bond acceptors (Lipinski definition) is 3. The van der Waals surface area contributed by atoms with Crippen LogP contribution in [0.4, 0.5) is 0 Å². The van der Waals surface area contributed by atoms with E-state index < -0.39 is 11.8 Å². The van der Waals surface area contributed by atoms with Crippen LogP contribution in [0.5, 0.6) is 0 Å². The van der Waals surface area contributed by atoms with Crippen molar-refractivity contribution in [3.05, 3.63) is 0 Å². The van der Waals surface area contributed by atoms with Crippen molar-refractivity contribution in [2.75, 3.05) is 27.2 Å². The van der Waals surface area contributed by atoms with Crippen LogP contribution in [0.2, 0.25) is 0 Å². The number of rotatable bonds is 6. The molecule has 82 valence electrons. The Morgan fingerprint density at radius 3 is 2.43 bits per heavy atom. The lowest BCUT2D eigenvalue weighted by atomic mass is 10.1. The second-order valence-electron chi connectivity index (χ2n) is 3.66. The third-order valence-electron chi connectivity index (χ3n) is 1.86. The minimum atomic E-state index is -0.437. The average Bonchev–Trinajstić information content (AvgIpc) is 2.02. The molecule has 0 radical (unpaired) electrons. The molecule has 14 heavy (non-hydrogen) atoms. The zero-order valence-electron chi connectivity index (χ0n) is 9.04. The van der Waals surface area contributed by atoms with E-state index >= 15 is 0 Å². The topological polar surface area (TPSA) is 75.4 Å². The maximum atomic E-state index is 11.2. The van der Waals surface area contributed by atoms with Crippen molar-refractivity contribution in [3.8, 4) is 0 Å². The van der Waals surface area contributed by atoms with Crippen LogP contribution in [-0.2, 0) is 9.59 Å². The largest absolute Gasteiger partial charge is 0.369 e. The molecule has 0 aromatic heterocycles. The van der Waals surface area contributed by atoms with E-state index in [0.29, 0.717) is 6.54 Å². The van der Waals surface area contributed by atoms with Gasteiger partial charge in [-0.15, -0.1) is 0 Å². The Morgan fingerprint density at radius 1 is 1.43 bits per heavy atom. The second kappa shape index (κ2) is 6.37. The van der Waals surface area contributed by atoms with Gasteiger partial charge in [-0.3, -0.25) is 9.59 Å². The summed E-state index contributed by atoms with van der Waals surface area (Å²) >= 11 is 0. The van der Waals surface area contributed by atoms with Crippen LogP contribution in [0.15, 0.2) is 0 Å². The monoisotopic (exact) mass is 201 g/mol. The Morgan fingerprint density at radius 2 is 2.00 bits per heavy atom. The van der Waals surface area contributed by atoms with Gasteiger partial charge >= 0.3 is 0 Å². The zero-order valence-corrected chi connectivity index (χ0v) is 9.04. The molecular formula is C9H19N3O2. The maximum Gasteiger partial charge on any atom is 0.220 e. The Balaban J connectivity index is 3.60. The number of nitrogens with one attached hydrogen (secondary N) is 1. The first-order valence-electron chi connectivity index (χ1n) is 4.64. The van der Waals surface area contributed by atoms with Gasteiger partial charge < -0.3 is 16.0 Å². The standard InChI is InChI=1S/C9H19N3O2/c1-7(9(10)14)6-8(13)11-4-5-12(2)3/h7H,4-6H2,1-3H3,(H2,10,14)(H,11,13). The molecule has 0 saturated carbocycles. The highest BCUT2D eigenvalue weighted by atomic mass is 16.2. The highest BCUT2D eigenvalue weighted by molar-refractivity contribution is 5.84. The van der Waals surface area contributed by atoms with Gasteiger partial charge in [0.05, 0.1) is 0 Å². The van der Waals surface area contributed by atoms with Gasteiger partial charge in [0, 0.05) is 25.4 Å². The highest BCUT2D eigenvalue weighted by Crippen LogP contribution is 1.99. The van der Waals surface area contributed by atoms with Crippen molar-refractivity contribution in [1.29, 1.82) is 0 Å². The molecule has 0 saturated heterocycles. The third-order valence-corrected chi connectivity index (χ3v) is 1.86. The minimum Gasteiger partial charge on any atom is -0.369 e. The Kier molecular flexibility index (Phi) is 5.87. The van der Waals surface area contributed by atoms with Gasteiger partial charge in [-0.2, -0.15) is 0 Å². The first-order valence-corrected chi connectivity index (χ1v) is 4.64. The van der Waals surface area contributed by atoms with Crippen molar-refractivity contribution >= 4 is 11.8 Å². The van der Waals surface area contributed by atoms with Gasteiger partial charge in [0.1, 0.15) is 0 Å². The molecule has 1 unspecified atom stereocenters. The van der Waals surface area contributed by atoms with Gasteiger partial charge in [0.2, 0.25) is 11.8 Å². The third kappa shape index (κ3) is 6.42. The lowest BCUT2D eigenvalue weighted by molar-refractivity contribution is -0.127. The molecule has 5 nitrogen and oxygen atoms in total. The quantitative estimate of drug-likeness (QED) is 0.589. The molecule has 0 fully saturated rings. The molecule has 0 rings (SSSR count). The first kappa shape index (κ1) is 12.9. The van der Waals surface area contributed by atoms with Crippen LogP contribution in [0.3, 0.4) is 0 Å². The van der Waals surface area contributed by atoms with E-state index in [9.17, 15) is 9.59 Å². The highest BCUT2D eigenvalue weighted by Gasteiger charge is 2.13. The van der Waals surface area contributed by atoms with E-state index in [-0.39, 0.29) is 12.3 Å². The molecule has 0 aromatic carbocycles. The van der Waals surface area contributed by atoms with E-state index in [4.69, 9.17) is 5.73 Å². The van der Waals surface area contributed by atoms with Crippen LogP contribution in [0.25, 0.3) is 0 Å². The van der Waals surface area contributed by atoms with E-state index in [2.05, 4.69) is 5.32 Å². The van der Waals surface area contributed by atoms with Crippen LogP contribution < -0.4 is 11.1 Å². The number of nitrogens with zero attached hydrogens (tertiary/aromatic N) is 1. The SMILES string of the molecule is CC(CC(=O)NCCN(C)C)C(N)=O. The molecule has 0 aliphatic heterocycles. The van der Waals surface area contributed by atoms with Crippen molar-refractivity contribution in [3.63, 3.8) is 0 Å². The van der Waals surface area contributed by atoms with Crippen molar-refractivity contribution in [1.82, 2.24) is 10.2 Å². The maximum absolute atomic E-state index is 11.2. The molecule has 1 atom stereocenters. The zero-order chi connectivity index (χ0) is 11.1. The van der Waals surface area contributed by atoms with Crippen molar-refractivity contribution in [2.45, 2.75) is 13.3 Å². The Hall–Kier alpha value is -1.10. The molecule has 0 spiro atoms. The summed E-state index contributed by atoms with van der Waals surface area (Å²) < 4.78 is 0. The van der Waals surface area contributed by atoms with Gasteiger partial charge in [-0.25, -0.2) is 0 Å². The number of nitrogens with two attached hydrogens (primary N) is 1. The number of hydrogen-bond donors (Lipinski definition) is 2. The normalized spacial score (nSPS) is 12.6. The van der Waals surface area contributed by atoms with E-state index in [1.807, 2.05) is 19.0 Å². The van der Waals surface area contributed by atoms with E-state index in [1.165, 1.54) is 0 Å². The fourth-order valence-corrected chi connectivity index (χ4v) is 0.870. The molecule has 3 N–H and O–H groups in total. The average molecular weight is 201 g/mol. The van der Waals surface area contributed by atoms with Crippen LogP contribution in [0.1, 0.15) is 13.3 Å². The summed E-state index contributed by atoms with van der Waals surface area (Å²) in [5.74, 6) is -0.958. The molecule has 5 heteroatoms. The fraction of sp³-hybridized carbons (Fsp3) is 0.778. The van der Waals surface area contributed by atoms with Gasteiger partial charge in [-0.1, -0.05) is 6.92 Å². The minimum absolute atomic E-state index is 0.127. The second-order valence-corrected chi connectivity index (χ2v) is 3.66. The molecular weight excluding hydrogens is 182 g/mol. The molecule has 2 amide bonds. The number of amides is 2. The van der Waals surface area contributed by atoms with E-state index in [0.717, 1.165) is 6.54 Å². The smallest absolute Gasteiger partial charge is 0.220 e. The first-order chi connectivity index (χ1) is 6.43. The van der Waals surface area contributed by atoms with Crippen molar-refractivity contribution < 1.29 is 9.59 Å². The number of carbonyl (C=O) groups is 2. The van der Waals surface area contributed by atoms with E-state index in [1.54, 1.807) is 6.92 Å². The fourth-order valence-electron chi connectivity index (χ4n) is 0.870. The molecule has 0 bridgehead atoms. The Labute approximate surface area is 84.6 Å². The lowest BCUT2D eigenvalue weighted by Crippen LogP contribution is -2.34. The predicted molar refractivity (Wildman–Crippen MR) is 54.5 cm³/mol. The molecule has 0 aromatic rings. The number of likely N-dealkylation sites (N-methyl/N-ethyl adjacent to an activating group) is 1. The van der Waals surface area contributed by atoms with Crippen LogP contribution >= 0.6 is 0 Å². The summed E-state index contributed by atoms with van der Waals surface area (Å²) in [6.07, 6.45) is 0.169. The lowest BCUT2D eigenvalue weighted by Gasteiger charge is -2.11. The van der Waals surface area contributed by atoms with Crippen molar-refractivity contribution in [2.24, 2.45) is 11.7 Å². The molecule has 0 aliphatic carbocycles. The summed E-state index contributed by atoms with van der Waals surface area (Å²) in [5.41, 5.74) is 5.03. The Bertz CT molecular complexity index is 204. The summed E-state index contributed by atoms with van der Waals surface area (Å²) in [7, 11) is 3.86. The van der Waals surface area contributed by atoms with Gasteiger partial charge in [-0.05, 0) is 14.1 Å². The van der Waals surface area contributed by atoms with Gasteiger partial charge in [0.25, 0.3) is 0 Å². The molecule has 0 heterocycles. The van der Waals surface area contributed by atoms with Crippen LogP contribution in [-0.4, -0.2) is 43.9 Å². The predicted octanol–water partition coefficient (Wildman–Crippen LogP) is -0.824. The summed E-state index contributed by atoms with van der Waals surface area (Å²) in [6, 6.07) is 0. The number of carbonyl (C=O) groups excluding carboxylic acids is 2. The number of primary amides is 1. The van der Waals surface area contributed by atoms with Crippen LogP contribution in [0, 0.1) is 5.92 Å². The summed E-state index contributed by atoms with van der Waals surface area (Å²) in [5, 5.41) is 2.71.